The van der Waals surface area contributed by atoms with Crippen molar-refractivity contribution in [2.75, 3.05) is 17.6 Å². The topological polar surface area (TPSA) is 55.1 Å². The quantitative estimate of drug-likeness (QED) is 0.625. The third-order valence-corrected chi connectivity index (χ3v) is 1.28. The van der Waals surface area contributed by atoms with Crippen LogP contribution >= 0.6 is 0 Å². The minimum Gasteiger partial charge on any atom is -0.399 e. The molecule has 3 nitrogen and oxygen atoms in total. The fourth-order valence-corrected chi connectivity index (χ4v) is 0.739. The van der Waals surface area contributed by atoms with Gasteiger partial charge in [-0.3, -0.25) is 4.79 Å². The molecule has 0 amide bonds. The van der Waals surface area contributed by atoms with Gasteiger partial charge in [-0.1, -0.05) is 0 Å². The lowest BCUT2D eigenvalue weighted by Crippen LogP contribution is -2.01. The van der Waals surface area contributed by atoms with Crippen LogP contribution in [0.2, 0.25) is 0 Å². The smallest absolute Gasteiger partial charge is 0.219 e. The zero-order valence-corrected chi connectivity index (χ0v) is 6.00. The predicted octanol–water partition coefficient (Wildman–Crippen LogP) is 0.790. The first-order valence-electron chi connectivity index (χ1n) is 3.27. The average molecular weight is 149 g/mol. The molecular weight excluding hydrogens is 140 g/mol. The molecular formula is C8H9N2O. The predicted molar refractivity (Wildman–Crippen MR) is 45.0 cm³/mol. The molecule has 1 radical (unpaired) electrons. The van der Waals surface area contributed by atoms with Crippen molar-refractivity contribution in [2.45, 2.75) is 0 Å². The van der Waals surface area contributed by atoms with E-state index >= 15 is 0 Å². The minimum atomic E-state index is 0.212. The molecule has 0 aliphatic rings. The molecule has 0 unspecified atom stereocenters. The van der Waals surface area contributed by atoms with Crippen LogP contribution in [0.25, 0.3) is 0 Å². The van der Waals surface area contributed by atoms with Crippen LogP contribution in [0.1, 0.15) is 0 Å². The van der Waals surface area contributed by atoms with E-state index in [4.69, 9.17) is 5.73 Å². The van der Waals surface area contributed by atoms with E-state index in [0.29, 0.717) is 5.69 Å². The van der Waals surface area contributed by atoms with Gasteiger partial charge in [-0.05, 0) is 24.3 Å². The second-order valence-corrected chi connectivity index (χ2v) is 2.12. The molecule has 3 N–H and O–H groups in total. The van der Waals surface area contributed by atoms with Gasteiger partial charge in [0.15, 0.2) is 0 Å². The van der Waals surface area contributed by atoms with Crippen molar-refractivity contribution < 1.29 is 4.79 Å². The Bertz CT molecular complexity index is 230. The number of hydrogen-bond donors (Lipinski definition) is 2. The maximum Gasteiger partial charge on any atom is 0.219 e. The van der Waals surface area contributed by atoms with Crippen LogP contribution in [-0.2, 0) is 4.79 Å². The molecule has 3 heteroatoms. The summed E-state index contributed by atoms with van der Waals surface area (Å²) in [5, 5.41) is 2.84. The first-order valence-corrected chi connectivity index (χ1v) is 3.27. The average Bonchev–Trinajstić information content (AvgIpc) is 2.04. The highest BCUT2D eigenvalue weighted by molar-refractivity contribution is 5.61. The highest BCUT2D eigenvalue weighted by Crippen LogP contribution is 2.09. The number of hydrogen-bond acceptors (Lipinski definition) is 3. The molecule has 0 heterocycles. The van der Waals surface area contributed by atoms with Crippen molar-refractivity contribution in [3.05, 3.63) is 24.3 Å². The van der Waals surface area contributed by atoms with Gasteiger partial charge in [-0.25, -0.2) is 0 Å². The van der Waals surface area contributed by atoms with Gasteiger partial charge < -0.3 is 11.1 Å². The van der Waals surface area contributed by atoms with Gasteiger partial charge in [-0.2, -0.15) is 0 Å². The summed E-state index contributed by atoms with van der Waals surface area (Å²) in [5.41, 5.74) is 7.04. The van der Waals surface area contributed by atoms with Crippen molar-refractivity contribution in [1.29, 1.82) is 0 Å². The number of nitrogen functional groups attached to an aromatic ring is 1. The normalized spacial score (nSPS) is 9.09. The zero-order chi connectivity index (χ0) is 8.10. The number of nitrogens with one attached hydrogen (secondary N) is 1. The summed E-state index contributed by atoms with van der Waals surface area (Å²) in [6.45, 7) is 0.212. The van der Waals surface area contributed by atoms with Crippen LogP contribution in [0.5, 0.6) is 0 Å². The van der Waals surface area contributed by atoms with E-state index in [1.807, 2.05) is 12.1 Å². The van der Waals surface area contributed by atoms with Crippen LogP contribution in [0.15, 0.2) is 24.3 Å². The van der Waals surface area contributed by atoms with E-state index < -0.39 is 0 Å². The third kappa shape index (κ3) is 2.29. The molecule has 57 valence electrons. The van der Waals surface area contributed by atoms with Crippen LogP contribution < -0.4 is 11.1 Å². The molecule has 0 saturated heterocycles. The number of nitrogens with two attached hydrogens (primary N) is 1. The van der Waals surface area contributed by atoms with Gasteiger partial charge in [0.25, 0.3) is 0 Å². The summed E-state index contributed by atoms with van der Waals surface area (Å²) in [6.07, 6.45) is 1.74. The van der Waals surface area contributed by atoms with Gasteiger partial charge in [0.1, 0.15) is 0 Å². The standard InChI is InChI=1S/C8H9N2O/c9-7-1-3-8(4-2-7)10-5-6-11/h1-4,10H,5,9H2. The number of rotatable bonds is 3. The molecule has 0 atom stereocenters. The molecule has 0 saturated carbocycles. The van der Waals surface area contributed by atoms with Crippen molar-refractivity contribution in [3.8, 4) is 0 Å². The Labute approximate surface area is 65.2 Å². The molecule has 0 aliphatic heterocycles. The highest BCUT2D eigenvalue weighted by Gasteiger charge is 1.88. The summed E-state index contributed by atoms with van der Waals surface area (Å²) in [4.78, 5) is 9.83. The first kappa shape index (κ1) is 7.60. The van der Waals surface area contributed by atoms with E-state index in [2.05, 4.69) is 5.32 Å². The number of benzene rings is 1. The monoisotopic (exact) mass is 149 g/mol. The van der Waals surface area contributed by atoms with E-state index in [1.165, 1.54) is 0 Å². The van der Waals surface area contributed by atoms with Crippen molar-refractivity contribution >= 4 is 17.7 Å². The maximum atomic E-state index is 9.83. The summed E-state index contributed by atoms with van der Waals surface area (Å²) < 4.78 is 0. The van der Waals surface area contributed by atoms with E-state index in [1.54, 1.807) is 18.4 Å². The van der Waals surface area contributed by atoms with Crippen LogP contribution in [-0.4, -0.2) is 12.8 Å². The van der Waals surface area contributed by atoms with E-state index in [9.17, 15) is 4.79 Å². The lowest BCUT2D eigenvalue weighted by molar-refractivity contribution is 0.557. The molecule has 11 heavy (non-hydrogen) atoms. The second kappa shape index (κ2) is 3.61. The second-order valence-electron chi connectivity index (χ2n) is 2.12. The lowest BCUT2D eigenvalue weighted by atomic mass is 10.3. The van der Waals surface area contributed by atoms with Crippen molar-refractivity contribution in [1.82, 2.24) is 0 Å². The molecule has 1 rings (SSSR count). The van der Waals surface area contributed by atoms with Gasteiger partial charge in [0, 0.05) is 11.4 Å². The Morgan fingerprint density at radius 3 is 2.55 bits per heavy atom. The first-order chi connectivity index (χ1) is 5.33. The molecule has 0 fully saturated rings. The molecule has 1 aromatic rings. The Hall–Kier alpha value is -1.51. The van der Waals surface area contributed by atoms with Crippen LogP contribution in [0.3, 0.4) is 0 Å². The fourth-order valence-electron chi connectivity index (χ4n) is 0.739. The van der Waals surface area contributed by atoms with E-state index in [0.717, 1.165) is 5.69 Å². The maximum absolute atomic E-state index is 9.83. The minimum absolute atomic E-state index is 0.212. The SMILES string of the molecule is Nc1ccc(NC[C]=O)cc1. The third-order valence-electron chi connectivity index (χ3n) is 1.28. The summed E-state index contributed by atoms with van der Waals surface area (Å²) in [5.74, 6) is 0. The highest BCUT2D eigenvalue weighted by atomic mass is 16.1. The molecule has 0 aliphatic carbocycles. The molecule has 0 bridgehead atoms. The van der Waals surface area contributed by atoms with Gasteiger partial charge in [-0.15, -0.1) is 0 Å². The fraction of sp³-hybridized carbons (Fsp3) is 0.125. The van der Waals surface area contributed by atoms with Gasteiger partial charge >= 0.3 is 0 Å². The Morgan fingerprint density at radius 2 is 2.00 bits per heavy atom. The number of anilines is 2. The Morgan fingerprint density at radius 1 is 1.36 bits per heavy atom. The summed E-state index contributed by atoms with van der Waals surface area (Å²) in [7, 11) is 0. The van der Waals surface area contributed by atoms with Crippen LogP contribution in [0.4, 0.5) is 11.4 Å². The van der Waals surface area contributed by atoms with Gasteiger partial charge in [0.2, 0.25) is 6.29 Å². The Balaban J connectivity index is 2.58. The van der Waals surface area contributed by atoms with Crippen molar-refractivity contribution in [2.24, 2.45) is 0 Å². The molecule has 0 spiro atoms. The molecule has 0 aromatic heterocycles. The molecule has 1 aromatic carbocycles. The summed E-state index contributed by atoms with van der Waals surface area (Å²) >= 11 is 0. The largest absolute Gasteiger partial charge is 0.399 e. The summed E-state index contributed by atoms with van der Waals surface area (Å²) in [6, 6.07) is 7.17. The van der Waals surface area contributed by atoms with E-state index in [-0.39, 0.29) is 6.54 Å². The Kier molecular flexibility index (Phi) is 2.49. The van der Waals surface area contributed by atoms with Gasteiger partial charge in [0.05, 0.1) is 6.54 Å². The lowest BCUT2D eigenvalue weighted by Gasteiger charge is -2.00. The van der Waals surface area contributed by atoms with Crippen LogP contribution in [0, 0.1) is 0 Å². The number of carbonyl (C=O) groups excluding carboxylic acids is 1. The van der Waals surface area contributed by atoms with Crippen molar-refractivity contribution in [3.63, 3.8) is 0 Å². The zero-order valence-electron chi connectivity index (χ0n) is 6.00.